The van der Waals surface area contributed by atoms with E-state index < -0.39 is 12.1 Å². The summed E-state index contributed by atoms with van der Waals surface area (Å²) in [7, 11) is 0. The lowest BCUT2D eigenvalue weighted by Crippen LogP contribution is -2.19. The molecule has 0 aromatic carbocycles. The van der Waals surface area contributed by atoms with E-state index in [4.69, 9.17) is 5.73 Å². The Hall–Kier alpha value is -1.33. The maximum absolute atomic E-state index is 12.2. The molecular formula is C7H8F3N3. The van der Waals surface area contributed by atoms with E-state index in [1.807, 2.05) is 0 Å². The van der Waals surface area contributed by atoms with E-state index in [0.29, 0.717) is 0 Å². The minimum absolute atomic E-state index is 0.00593. The molecule has 1 atom stereocenters. The van der Waals surface area contributed by atoms with Crippen LogP contribution < -0.4 is 5.73 Å². The van der Waals surface area contributed by atoms with Crippen LogP contribution in [-0.4, -0.2) is 16.1 Å². The predicted molar refractivity (Wildman–Crippen MR) is 40.9 cm³/mol. The Morgan fingerprint density at radius 1 is 1.38 bits per heavy atom. The van der Waals surface area contributed by atoms with Crippen LogP contribution >= 0.6 is 0 Å². The Balaban J connectivity index is 2.96. The van der Waals surface area contributed by atoms with Gasteiger partial charge in [-0.1, -0.05) is 0 Å². The van der Waals surface area contributed by atoms with Crippen molar-refractivity contribution in [2.75, 3.05) is 5.73 Å². The van der Waals surface area contributed by atoms with Crippen molar-refractivity contribution in [1.82, 2.24) is 9.97 Å². The zero-order chi connectivity index (χ0) is 10.1. The summed E-state index contributed by atoms with van der Waals surface area (Å²) >= 11 is 0. The molecule has 0 radical (unpaired) electrons. The zero-order valence-electron chi connectivity index (χ0n) is 6.84. The first-order valence-corrected chi connectivity index (χ1v) is 3.55. The molecule has 1 rings (SSSR count). The van der Waals surface area contributed by atoms with E-state index >= 15 is 0 Å². The summed E-state index contributed by atoms with van der Waals surface area (Å²) in [6.45, 7) is 1.02. The quantitative estimate of drug-likeness (QED) is 0.735. The second-order valence-electron chi connectivity index (χ2n) is 2.63. The van der Waals surface area contributed by atoms with Crippen molar-refractivity contribution in [3.8, 4) is 0 Å². The van der Waals surface area contributed by atoms with Gasteiger partial charge in [-0.15, -0.1) is 0 Å². The number of alkyl halides is 3. The second kappa shape index (κ2) is 3.20. The summed E-state index contributed by atoms with van der Waals surface area (Å²) in [4.78, 5) is 7.07. The molecular weight excluding hydrogens is 183 g/mol. The Morgan fingerprint density at radius 2 is 2.00 bits per heavy atom. The van der Waals surface area contributed by atoms with Crippen LogP contribution in [0.3, 0.4) is 0 Å². The predicted octanol–water partition coefficient (Wildman–Crippen LogP) is 1.72. The van der Waals surface area contributed by atoms with E-state index in [1.54, 1.807) is 0 Å². The van der Waals surface area contributed by atoms with Crippen molar-refractivity contribution in [3.05, 3.63) is 18.1 Å². The first-order chi connectivity index (χ1) is 5.91. The zero-order valence-corrected chi connectivity index (χ0v) is 6.84. The van der Waals surface area contributed by atoms with Crippen molar-refractivity contribution in [1.29, 1.82) is 0 Å². The van der Waals surface area contributed by atoms with Gasteiger partial charge in [-0.2, -0.15) is 13.2 Å². The molecule has 0 saturated heterocycles. The summed E-state index contributed by atoms with van der Waals surface area (Å²) in [5.74, 6) is -1.64. The molecule has 1 aromatic rings. The molecule has 0 bridgehead atoms. The number of hydrogen-bond donors (Lipinski definition) is 1. The summed E-state index contributed by atoms with van der Waals surface area (Å²) in [5.41, 5.74) is 5.04. The minimum Gasteiger partial charge on any atom is -0.382 e. The average molecular weight is 191 g/mol. The average Bonchev–Trinajstić information content (AvgIpc) is 2.01. The fourth-order valence-corrected chi connectivity index (χ4v) is 0.773. The highest BCUT2D eigenvalue weighted by molar-refractivity contribution is 5.25. The molecule has 6 heteroatoms. The van der Waals surface area contributed by atoms with Crippen molar-refractivity contribution in [2.45, 2.75) is 19.0 Å². The molecule has 0 aliphatic heterocycles. The SMILES string of the molecule is CC(c1cncc(N)n1)C(F)(F)F. The van der Waals surface area contributed by atoms with Gasteiger partial charge in [0, 0.05) is 6.20 Å². The number of nitrogens with two attached hydrogens (primary N) is 1. The molecule has 72 valence electrons. The smallest absolute Gasteiger partial charge is 0.382 e. The van der Waals surface area contributed by atoms with Gasteiger partial charge >= 0.3 is 6.18 Å². The van der Waals surface area contributed by atoms with Crippen LogP contribution in [0.15, 0.2) is 12.4 Å². The summed E-state index contributed by atoms with van der Waals surface area (Å²) in [6, 6.07) is 0. The second-order valence-corrected chi connectivity index (χ2v) is 2.63. The number of hydrogen-bond acceptors (Lipinski definition) is 3. The van der Waals surface area contributed by atoms with Crippen LogP contribution in [0.5, 0.6) is 0 Å². The van der Waals surface area contributed by atoms with Crippen LogP contribution in [0, 0.1) is 0 Å². The molecule has 0 amide bonds. The standard InChI is InChI=1S/C7H8F3N3/c1-4(7(8,9)10)5-2-12-3-6(11)13-5/h2-4H,1H3,(H2,11,13). The third kappa shape index (κ3) is 2.30. The van der Waals surface area contributed by atoms with Crippen LogP contribution in [0.1, 0.15) is 18.5 Å². The van der Waals surface area contributed by atoms with E-state index in [0.717, 1.165) is 13.1 Å². The molecule has 1 heterocycles. The van der Waals surface area contributed by atoms with Gasteiger partial charge in [0.15, 0.2) is 0 Å². The normalized spacial score (nSPS) is 14.2. The number of nitrogens with zero attached hydrogens (tertiary/aromatic N) is 2. The largest absolute Gasteiger partial charge is 0.397 e. The molecule has 0 saturated carbocycles. The van der Waals surface area contributed by atoms with Crippen molar-refractivity contribution in [2.24, 2.45) is 0 Å². The van der Waals surface area contributed by atoms with Crippen molar-refractivity contribution in [3.63, 3.8) is 0 Å². The molecule has 0 spiro atoms. The van der Waals surface area contributed by atoms with Gasteiger partial charge < -0.3 is 5.73 Å². The molecule has 0 aliphatic carbocycles. The number of rotatable bonds is 1. The van der Waals surface area contributed by atoms with Crippen molar-refractivity contribution >= 4 is 5.82 Å². The maximum atomic E-state index is 12.2. The summed E-state index contributed by atoms with van der Waals surface area (Å²) in [5, 5.41) is 0. The summed E-state index contributed by atoms with van der Waals surface area (Å²) in [6.07, 6.45) is -2.04. The lowest BCUT2D eigenvalue weighted by Gasteiger charge is -2.14. The highest BCUT2D eigenvalue weighted by atomic mass is 19.4. The van der Waals surface area contributed by atoms with Crippen molar-refractivity contribution < 1.29 is 13.2 Å². The lowest BCUT2D eigenvalue weighted by molar-refractivity contribution is -0.147. The Bertz CT molecular complexity index is 297. The van der Waals surface area contributed by atoms with Gasteiger partial charge in [-0.05, 0) is 6.92 Å². The highest BCUT2D eigenvalue weighted by Gasteiger charge is 2.38. The molecule has 2 N–H and O–H groups in total. The van der Waals surface area contributed by atoms with Crippen LogP contribution in [0.25, 0.3) is 0 Å². The Morgan fingerprint density at radius 3 is 2.46 bits per heavy atom. The number of aromatic nitrogens is 2. The van der Waals surface area contributed by atoms with Gasteiger partial charge in [0.25, 0.3) is 0 Å². The van der Waals surface area contributed by atoms with Gasteiger partial charge in [0.05, 0.1) is 17.8 Å². The van der Waals surface area contributed by atoms with E-state index in [9.17, 15) is 13.2 Å². The van der Waals surface area contributed by atoms with E-state index in [1.165, 1.54) is 6.20 Å². The van der Waals surface area contributed by atoms with Gasteiger partial charge in [-0.25, -0.2) is 4.98 Å². The van der Waals surface area contributed by atoms with Crippen LogP contribution in [0.4, 0.5) is 19.0 Å². The molecule has 0 fully saturated rings. The Labute approximate surface area is 72.8 Å². The lowest BCUT2D eigenvalue weighted by atomic mass is 10.1. The van der Waals surface area contributed by atoms with E-state index in [-0.39, 0.29) is 11.5 Å². The summed E-state index contributed by atoms with van der Waals surface area (Å²) < 4.78 is 36.5. The number of nitrogen functional groups attached to an aromatic ring is 1. The number of halogens is 3. The van der Waals surface area contributed by atoms with Gasteiger partial charge in [0.2, 0.25) is 0 Å². The van der Waals surface area contributed by atoms with Gasteiger partial charge in [0.1, 0.15) is 5.82 Å². The molecule has 13 heavy (non-hydrogen) atoms. The van der Waals surface area contributed by atoms with Gasteiger partial charge in [-0.3, -0.25) is 4.98 Å². The topological polar surface area (TPSA) is 51.8 Å². The molecule has 0 aliphatic rings. The third-order valence-corrected chi connectivity index (χ3v) is 1.61. The Kier molecular flexibility index (Phi) is 2.40. The minimum atomic E-state index is -4.30. The maximum Gasteiger partial charge on any atom is 0.397 e. The third-order valence-electron chi connectivity index (χ3n) is 1.61. The first-order valence-electron chi connectivity index (χ1n) is 3.55. The fourth-order valence-electron chi connectivity index (χ4n) is 0.773. The van der Waals surface area contributed by atoms with E-state index in [2.05, 4.69) is 9.97 Å². The number of anilines is 1. The van der Waals surface area contributed by atoms with Crippen LogP contribution in [0.2, 0.25) is 0 Å². The molecule has 1 aromatic heterocycles. The first kappa shape index (κ1) is 9.76. The highest BCUT2D eigenvalue weighted by Crippen LogP contribution is 2.32. The monoisotopic (exact) mass is 191 g/mol. The molecule has 3 nitrogen and oxygen atoms in total. The van der Waals surface area contributed by atoms with Crippen LogP contribution in [-0.2, 0) is 0 Å². The fraction of sp³-hybridized carbons (Fsp3) is 0.429. The molecule has 1 unspecified atom stereocenters.